The standard InChI is InChI=1S/C11H8FNO3/c1-16-9-4-2-7(6-13)11(12)8(9)3-5-10(14)15/h2-5H,1H3,(H,14,15)/b5-3+. The topological polar surface area (TPSA) is 70.3 Å². The molecule has 82 valence electrons. The second kappa shape index (κ2) is 4.94. The van der Waals surface area contributed by atoms with E-state index in [9.17, 15) is 9.18 Å². The quantitative estimate of drug-likeness (QED) is 0.790. The lowest BCUT2D eigenvalue weighted by atomic mass is 10.1. The summed E-state index contributed by atoms with van der Waals surface area (Å²) < 4.78 is 18.5. The molecule has 0 unspecified atom stereocenters. The molecule has 0 amide bonds. The van der Waals surface area contributed by atoms with Crippen LogP contribution < -0.4 is 4.74 Å². The highest BCUT2D eigenvalue weighted by Gasteiger charge is 2.11. The van der Waals surface area contributed by atoms with Crippen molar-refractivity contribution in [3.63, 3.8) is 0 Å². The first-order chi connectivity index (χ1) is 7.60. The summed E-state index contributed by atoms with van der Waals surface area (Å²) >= 11 is 0. The third-order valence-electron chi connectivity index (χ3n) is 1.87. The zero-order valence-electron chi connectivity index (χ0n) is 8.40. The van der Waals surface area contributed by atoms with Gasteiger partial charge < -0.3 is 9.84 Å². The normalized spacial score (nSPS) is 10.1. The van der Waals surface area contributed by atoms with Crippen LogP contribution in [0.15, 0.2) is 18.2 Å². The van der Waals surface area contributed by atoms with Crippen molar-refractivity contribution in [3.8, 4) is 11.8 Å². The number of rotatable bonds is 3. The molecule has 1 aromatic carbocycles. The van der Waals surface area contributed by atoms with Gasteiger partial charge in [0.15, 0.2) is 5.82 Å². The number of carboxylic acids is 1. The highest BCUT2D eigenvalue weighted by atomic mass is 19.1. The number of ether oxygens (including phenoxy) is 1. The number of carboxylic acid groups (broad SMARTS) is 1. The van der Waals surface area contributed by atoms with Crippen LogP contribution in [0.2, 0.25) is 0 Å². The Morgan fingerprint density at radius 3 is 2.81 bits per heavy atom. The van der Waals surface area contributed by atoms with E-state index in [0.29, 0.717) is 0 Å². The maximum absolute atomic E-state index is 13.6. The van der Waals surface area contributed by atoms with Crippen LogP contribution in [0.25, 0.3) is 6.08 Å². The summed E-state index contributed by atoms with van der Waals surface area (Å²) in [6, 6.07) is 4.34. The zero-order valence-corrected chi connectivity index (χ0v) is 8.40. The molecule has 0 saturated carbocycles. The van der Waals surface area contributed by atoms with E-state index in [0.717, 1.165) is 12.2 Å². The summed E-state index contributed by atoms with van der Waals surface area (Å²) in [6.07, 6.45) is 1.83. The number of hydrogen-bond donors (Lipinski definition) is 1. The van der Waals surface area contributed by atoms with Crippen molar-refractivity contribution in [2.24, 2.45) is 0 Å². The molecule has 1 N–H and O–H groups in total. The Morgan fingerprint density at radius 1 is 1.62 bits per heavy atom. The van der Waals surface area contributed by atoms with E-state index in [1.165, 1.54) is 19.2 Å². The Morgan fingerprint density at radius 2 is 2.31 bits per heavy atom. The van der Waals surface area contributed by atoms with Crippen LogP contribution in [0, 0.1) is 17.1 Å². The van der Waals surface area contributed by atoms with E-state index in [1.54, 1.807) is 6.07 Å². The van der Waals surface area contributed by atoms with Crippen molar-refractivity contribution in [1.82, 2.24) is 0 Å². The van der Waals surface area contributed by atoms with Gasteiger partial charge in [-0.15, -0.1) is 0 Å². The fraction of sp³-hybridized carbons (Fsp3) is 0.0909. The molecule has 0 radical (unpaired) electrons. The van der Waals surface area contributed by atoms with Crippen molar-refractivity contribution in [3.05, 3.63) is 35.2 Å². The number of halogens is 1. The molecule has 0 aliphatic heterocycles. The number of hydrogen-bond acceptors (Lipinski definition) is 3. The summed E-state index contributed by atoms with van der Waals surface area (Å²) in [4.78, 5) is 10.3. The van der Waals surface area contributed by atoms with Gasteiger partial charge in [0.2, 0.25) is 0 Å². The molecule has 1 rings (SSSR count). The van der Waals surface area contributed by atoms with E-state index in [4.69, 9.17) is 15.1 Å². The Hall–Kier alpha value is -2.35. The molecule has 0 bridgehead atoms. The van der Waals surface area contributed by atoms with Gasteiger partial charge in [-0.1, -0.05) is 0 Å². The number of nitrogens with zero attached hydrogens (tertiary/aromatic N) is 1. The fourth-order valence-corrected chi connectivity index (χ4v) is 1.15. The number of aliphatic carboxylic acids is 1. The SMILES string of the molecule is COc1ccc(C#N)c(F)c1/C=C/C(=O)O. The Labute approximate surface area is 91.2 Å². The van der Waals surface area contributed by atoms with Gasteiger partial charge in [0.25, 0.3) is 0 Å². The highest BCUT2D eigenvalue weighted by molar-refractivity contribution is 5.86. The van der Waals surface area contributed by atoms with Gasteiger partial charge in [-0.2, -0.15) is 5.26 Å². The smallest absolute Gasteiger partial charge is 0.328 e. The second-order valence-corrected chi connectivity index (χ2v) is 2.83. The largest absolute Gasteiger partial charge is 0.496 e. The molecular formula is C11H8FNO3. The number of methoxy groups -OCH3 is 1. The monoisotopic (exact) mass is 221 g/mol. The number of nitriles is 1. The van der Waals surface area contributed by atoms with Crippen LogP contribution in [-0.4, -0.2) is 18.2 Å². The van der Waals surface area contributed by atoms with E-state index in [1.807, 2.05) is 0 Å². The third kappa shape index (κ3) is 2.36. The summed E-state index contributed by atoms with van der Waals surface area (Å²) in [5, 5.41) is 17.1. The van der Waals surface area contributed by atoms with Gasteiger partial charge in [0.05, 0.1) is 18.2 Å². The van der Waals surface area contributed by atoms with Crippen molar-refractivity contribution < 1.29 is 19.0 Å². The Balaban J connectivity index is 3.33. The van der Waals surface area contributed by atoms with E-state index < -0.39 is 11.8 Å². The molecule has 4 nitrogen and oxygen atoms in total. The average molecular weight is 221 g/mol. The molecule has 0 spiro atoms. The summed E-state index contributed by atoms with van der Waals surface area (Å²) in [5.74, 6) is -1.82. The van der Waals surface area contributed by atoms with Crippen LogP contribution in [0.5, 0.6) is 5.75 Å². The number of carbonyl (C=O) groups is 1. The summed E-state index contributed by atoms with van der Waals surface area (Å²) in [7, 11) is 1.33. The Bertz CT molecular complexity index is 489. The highest BCUT2D eigenvalue weighted by Crippen LogP contribution is 2.25. The van der Waals surface area contributed by atoms with Crippen LogP contribution >= 0.6 is 0 Å². The number of benzene rings is 1. The molecule has 16 heavy (non-hydrogen) atoms. The van der Waals surface area contributed by atoms with E-state index in [-0.39, 0.29) is 16.9 Å². The van der Waals surface area contributed by atoms with Crippen molar-refractivity contribution in [1.29, 1.82) is 5.26 Å². The first kappa shape index (κ1) is 11.7. The van der Waals surface area contributed by atoms with Gasteiger partial charge in [-0.25, -0.2) is 9.18 Å². The third-order valence-corrected chi connectivity index (χ3v) is 1.87. The molecule has 0 atom stereocenters. The molecule has 1 aromatic rings. The predicted octanol–water partition coefficient (Wildman–Crippen LogP) is 1.80. The summed E-state index contributed by atoms with van der Waals surface area (Å²) in [5.41, 5.74) is -0.213. The maximum Gasteiger partial charge on any atom is 0.328 e. The van der Waals surface area contributed by atoms with Crippen molar-refractivity contribution >= 4 is 12.0 Å². The van der Waals surface area contributed by atoms with E-state index in [2.05, 4.69) is 0 Å². The molecule has 0 saturated heterocycles. The van der Waals surface area contributed by atoms with Gasteiger partial charge in [0.1, 0.15) is 11.8 Å². The van der Waals surface area contributed by atoms with Crippen molar-refractivity contribution in [2.45, 2.75) is 0 Å². The lowest BCUT2D eigenvalue weighted by Gasteiger charge is -2.06. The first-order valence-corrected chi connectivity index (χ1v) is 4.27. The van der Waals surface area contributed by atoms with Crippen LogP contribution in [0.1, 0.15) is 11.1 Å². The van der Waals surface area contributed by atoms with Gasteiger partial charge in [-0.3, -0.25) is 0 Å². The van der Waals surface area contributed by atoms with Crippen molar-refractivity contribution in [2.75, 3.05) is 7.11 Å². The zero-order chi connectivity index (χ0) is 12.1. The van der Waals surface area contributed by atoms with E-state index >= 15 is 0 Å². The first-order valence-electron chi connectivity index (χ1n) is 4.27. The minimum absolute atomic E-state index is 0.0519. The lowest BCUT2D eigenvalue weighted by Crippen LogP contribution is -1.95. The molecule has 0 aliphatic rings. The summed E-state index contributed by atoms with van der Waals surface area (Å²) in [6.45, 7) is 0. The average Bonchev–Trinajstić information content (AvgIpc) is 2.26. The molecule has 0 fully saturated rings. The molecule has 0 aliphatic carbocycles. The van der Waals surface area contributed by atoms with Crippen LogP contribution in [0.4, 0.5) is 4.39 Å². The minimum atomic E-state index is -1.20. The minimum Gasteiger partial charge on any atom is -0.496 e. The predicted molar refractivity (Wildman–Crippen MR) is 54.3 cm³/mol. The van der Waals surface area contributed by atoms with Gasteiger partial charge in [-0.05, 0) is 18.2 Å². The van der Waals surface area contributed by atoms with Crippen LogP contribution in [0.3, 0.4) is 0 Å². The van der Waals surface area contributed by atoms with Gasteiger partial charge in [0, 0.05) is 6.08 Å². The molecule has 0 aromatic heterocycles. The molecule has 0 heterocycles. The second-order valence-electron chi connectivity index (χ2n) is 2.83. The molecule has 5 heteroatoms. The molecular weight excluding hydrogens is 213 g/mol. The Kier molecular flexibility index (Phi) is 3.62. The maximum atomic E-state index is 13.6. The fourth-order valence-electron chi connectivity index (χ4n) is 1.15. The van der Waals surface area contributed by atoms with Crippen LogP contribution in [-0.2, 0) is 4.79 Å². The lowest BCUT2D eigenvalue weighted by molar-refractivity contribution is -0.131. The van der Waals surface area contributed by atoms with Gasteiger partial charge >= 0.3 is 5.97 Å².